The molecule has 1 aliphatic heterocycles. The Morgan fingerprint density at radius 2 is 2.11 bits per heavy atom. The average Bonchev–Trinajstić information content (AvgIpc) is 1.79. The van der Waals surface area contributed by atoms with Crippen LogP contribution in [0.15, 0.2) is 41.1 Å². The highest BCUT2D eigenvalue weighted by Crippen LogP contribution is 1.96. The van der Waals surface area contributed by atoms with Gasteiger partial charge in [0, 0.05) is 12.4 Å². The summed E-state index contributed by atoms with van der Waals surface area (Å²) in [6, 6.07) is 0. The molecule has 0 aromatic carbocycles. The van der Waals surface area contributed by atoms with E-state index >= 15 is 0 Å². The summed E-state index contributed by atoms with van der Waals surface area (Å²) < 4.78 is 0. The molecule has 0 spiro atoms. The van der Waals surface area contributed by atoms with Crippen molar-refractivity contribution in [2.45, 2.75) is 6.92 Å². The molecule has 0 radical (unpaired) electrons. The van der Waals surface area contributed by atoms with E-state index in [-0.39, 0.29) is 0 Å². The van der Waals surface area contributed by atoms with Gasteiger partial charge in [-0.15, -0.1) is 0 Å². The van der Waals surface area contributed by atoms with E-state index in [1.54, 1.807) is 6.21 Å². The van der Waals surface area contributed by atoms with Gasteiger partial charge in [-0.2, -0.15) is 0 Å². The summed E-state index contributed by atoms with van der Waals surface area (Å²) in [6.45, 7) is 2.02. The van der Waals surface area contributed by atoms with Crippen molar-refractivity contribution in [2.75, 3.05) is 0 Å². The van der Waals surface area contributed by atoms with Crippen molar-refractivity contribution in [3.05, 3.63) is 36.1 Å². The molecule has 0 aromatic heterocycles. The van der Waals surface area contributed by atoms with Crippen molar-refractivity contribution in [1.82, 2.24) is 0 Å². The Morgan fingerprint density at radius 3 is 3.00 bits per heavy atom. The van der Waals surface area contributed by atoms with E-state index < -0.39 is 0 Å². The van der Waals surface area contributed by atoms with Crippen LogP contribution in [-0.2, 0) is 0 Å². The van der Waals surface area contributed by atoms with E-state index in [0.29, 0.717) is 0 Å². The lowest BCUT2D eigenvalue weighted by molar-refractivity contribution is 1.43. The van der Waals surface area contributed by atoms with Gasteiger partial charge in [-0.3, -0.25) is 4.99 Å². The predicted molar refractivity (Wildman–Crippen MR) is 40.5 cm³/mol. The average molecular weight is 119 g/mol. The third-order valence-electron chi connectivity index (χ3n) is 1.03. The topological polar surface area (TPSA) is 12.4 Å². The van der Waals surface area contributed by atoms with Crippen molar-refractivity contribution < 1.29 is 0 Å². The number of aliphatic imine (C=N–C) groups is 1. The summed E-state index contributed by atoms with van der Waals surface area (Å²) in [4.78, 5) is 3.99. The Kier molecular flexibility index (Phi) is 2.02. The molecule has 0 fully saturated rings. The van der Waals surface area contributed by atoms with Crippen LogP contribution in [0.4, 0.5) is 0 Å². The first-order chi connectivity index (χ1) is 4.39. The van der Waals surface area contributed by atoms with Gasteiger partial charge in [-0.25, -0.2) is 0 Å². The van der Waals surface area contributed by atoms with Gasteiger partial charge in [0.25, 0.3) is 0 Å². The molecule has 1 heteroatoms. The van der Waals surface area contributed by atoms with Gasteiger partial charge in [0.2, 0.25) is 0 Å². The van der Waals surface area contributed by atoms with Crippen molar-refractivity contribution in [2.24, 2.45) is 4.99 Å². The molecule has 0 N–H and O–H groups in total. The molecular formula is C8H9N. The summed E-state index contributed by atoms with van der Waals surface area (Å²) >= 11 is 0. The van der Waals surface area contributed by atoms with Gasteiger partial charge in [0.15, 0.2) is 0 Å². The third-order valence-corrected chi connectivity index (χ3v) is 1.03. The molecule has 1 aliphatic rings. The Hall–Kier alpha value is -1.11. The highest BCUT2D eigenvalue weighted by molar-refractivity contribution is 5.72. The molecule has 0 saturated carbocycles. The van der Waals surface area contributed by atoms with Crippen LogP contribution in [0.1, 0.15) is 6.92 Å². The maximum absolute atomic E-state index is 3.99. The van der Waals surface area contributed by atoms with Gasteiger partial charge in [0.1, 0.15) is 0 Å². The fraction of sp³-hybridized carbons (Fsp3) is 0.125. The summed E-state index contributed by atoms with van der Waals surface area (Å²) in [5, 5.41) is 0. The Morgan fingerprint density at radius 1 is 1.22 bits per heavy atom. The lowest BCUT2D eigenvalue weighted by Crippen LogP contribution is -1.70. The van der Waals surface area contributed by atoms with E-state index in [1.807, 2.05) is 37.4 Å². The molecule has 0 bridgehead atoms. The zero-order valence-electron chi connectivity index (χ0n) is 5.41. The van der Waals surface area contributed by atoms with Crippen LogP contribution in [0.3, 0.4) is 0 Å². The number of nitrogens with zero attached hydrogens (tertiary/aromatic N) is 1. The predicted octanol–water partition coefficient (Wildman–Crippen LogP) is 2.09. The second-order valence-electron chi connectivity index (χ2n) is 1.92. The molecule has 1 nitrogen and oxygen atoms in total. The second kappa shape index (κ2) is 3.02. The van der Waals surface area contributed by atoms with Crippen LogP contribution in [0.2, 0.25) is 0 Å². The standard InChI is InChI=1S/C8H9N/c1-8-5-3-2-4-6-9-7-8/h2-7H,1H3/b3-2?,4-2+,5-3+,6-4?,8-5?,8-7-,9-6-,9-7?. The molecule has 0 saturated heterocycles. The number of hydrogen-bond acceptors (Lipinski definition) is 1. The van der Waals surface area contributed by atoms with E-state index in [0.717, 1.165) is 0 Å². The summed E-state index contributed by atoms with van der Waals surface area (Å²) in [5.41, 5.74) is 1.18. The SMILES string of the molecule is CC1=C/N=C\C=C\C=C\1. The molecule has 1 heterocycles. The monoisotopic (exact) mass is 119 g/mol. The first-order valence-electron chi connectivity index (χ1n) is 2.93. The number of hydrogen-bond donors (Lipinski definition) is 0. The van der Waals surface area contributed by atoms with Crippen molar-refractivity contribution in [3.63, 3.8) is 0 Å². The first-order valence-corrected chi connectivity index (χ1v) is 2.93. The fourth-order valence-corrected chi connectivity index (χ4v) is 0.575. The Labute approximate surface area is 55.1 Å². The largest absolute Gasteiger partial charge is 0.264 e. The van der Waals surface area contributed by atoms with Crippen molar-refractivity contribution in [3.8, 4) is 0 Å². The van der Waals surface area contributed by atoms with Crippen molar-refractivity contribution in [1.29, 1.82) is 0 Å². The number of allylic oxidation sites excluding steroid dienone is 5. The van der Waals surface area contributed by atoms with Gasteiger partial charge in [0.05, 0.1) is 0 Å². The molecule has 9 heavy (non-hydrogen) atoms. The minimum atomic E-state index is 1.18. The zero-order valence-corrected chi connectivity index (χ0v) is 5.41. The van der Waals surface area contributed by atoms with Crippen molar-refractivity contribution >= 4 is 6.21 Å². The lowest BCUT2D eigenvalue weighted by Gasteiger charge is -1.87. The minimum absolute atomic E-state index is 1.18. The van der Waals surface area contributed by atoms with E-state index in [9.17, 15) is 0 Å². The van der Waals surface area contributed by atoms with E-state index in [4.69, 9.17) is 0 Å². The Balaban J connectivity index is 2.77. The molecule has 0 atom stereocenters. The summed E-state index contributed by atoms with van der Waals surface area (Å²) in [5.74, 6) is 0. The molecule has 46 valence electrons. The quantitative estimate of drug-likeness (QED) is 0.463. The fourth-order valence-electron chi connectivity index (χ4n) is 0.575. The molecule has 0 unspecified atom stereocenters. The Bertz CT molecular complexity index is 195. The van der Waals surface area contributed by atoms with Gasteiger partial charge in [-0.1, -0.05) is 18.2 Å². The minimum Gasteiger partial charge on any atom is -0.264 e. The van der Waals surface area contributed by atoms with E-state index in [2.05, 4.69) is 4.99 Å². The van der Waals surface area contributed by atoms with Gasteiger partial charge in [-0.05, 0) is 18.6 Å². The van der Waals surface area contributed by atoms with Crippen LogP contribution < -0.4 is 0 Å². The summed E-state index contributed by atoms with van der Waals surface area (Å²) in [6.07, 6.45) is 11.5. The van der Waals surface area contributed by atoms with Gasteiger partial charge >= 0.3 is 0 Å². The second-order valence-corrected chi connectivity index (χ2v) is 1.92. The highest BCUT2D eigenvalue weighted by Gasteiger charge is 1.77. The summed E-state index contributed by atoms with van der Waals surface area (Å²) in [7, 11) is 0. The smallest absolute Gasteiger partial charge is 0.0297 e. The first kappa shape index (κ1) is 6.02. The maximum Gasteiger partial charge on any atom is 0.0297 e. The van der Waals surface area contributed by atoms with Crippen LogP contribution in [0.5, 0.6) is 0 Å². The van der Waals surface area contributed by atoms with Crippen LogP contribution >= 0.6 is 0 Å². The van der Waals surface area contributed by atoms with Crippen LogP contribution in [0.25, 0.3) is 0 Å². The van der Waals surface area contributed by atoms with Crippen LogP contribution in [-0.4, -0.2) is 6.21 Å². The van der Waals surface area contributed by atoms with E-state index in [1.165, 1.54) is 5.57 Å². The normalized spacial score (nSPS) is 33.2. The number of rotatable bonds is 0. The van der Waals surface area contributed by atoms with Gasteiger partial charge < -0.3 is 0 Å². The zero-order chi connectivity index (χ0) is 6.53. The lowest BCUT2D eigenvalue weighted by atomic mass is 10.3. The molecule has 1 rings (SSSR count). The molecular weight excluding hydrogens is 110 g/mol. The molecule has 0 aliphatic carbocycles. The highest BCUT2D eigenvalue weighted by atomic mass is 14.7. The van der Waals surface area contributed by atoms with Crippen LogP contribution in [0, 0.1) is 0 Å². The third kappa shape index (κ3) is 2.08. The molecule has 0 amide bonds. The maximum atomic E-state index is 3.99. The molecule has 0 aromatic rings.